The molecule has 1 aromatic heterocycles. The van der Waals surface area contributed by atoms with Gasteiger partial charge in [-0.3, -0.25) is 9.78 Å². The first-order valence-electron chi connectivity index (χ1n) is 7.56. The lowest BCUT2D eigenvalue weighted by Gasteiger charge is -2.33. The third-order valence-corrected chi connectivity index (χ3v) is 4.00. The van der Waals surface area contributed by atoms with Gasteiger partial charge in [-0.2, -0.15) is 0 Å². The first-order chi connectivity index (χ1) is 10.0. The number of carbonyl (C=O) groups is 1. The summed E-state index contributed by atoms with van der Waals surface area (Å²) in [4.78, 5) is 20.4. The number of carbonyl (C=O) groups excluding carboxylic acids is 1. The van der Waals surface area contributed by atoms with Crippen LogP contribution in [0.1, 0.15) is 29.8 Å². The smallest absolute Gasteiger partial charge is 0.182 e. The van der Waals surface area contributed by atoms with Crippen molar-refractivity contribution in [3.05, 3.63) is 29.8 Å². The van der Waals surface area contributed by atoms with Crippen LogP contribution in [0.15, 0.2) is 18.3 Å². The summed E-state index contributed by atoms with van der Waals surface area (Å²) in [5.74, 6) is 0.352. The molecule has 5 heteroatoms. The monoisotopic (exact) mass is 293 g/mol. The third kappa shape index (κ3) is 5.17. The van der Waals surface area contributed by atoms with Crippen LogP contribution < -0.4 is 0 Å². The molecule has 0 N–H and O–H groups in total. The predicted octanol–water partition coefficient (Wildman–Crippen LogP) is 2.07. The highest BCUT2D eigenvalue weighted by Crippen LogP contribution is 2.18. The molecule has 21 heavy (non-hydrogen) atoms. The van der Waals surface area contributed by atoms with Gasteiger partial charge in [0.2, 0.25) is 0 Å². The van der Waals surface area contributed by atoms with Gasteiger partial charge in [-0.1, -0.05) is 0 Å². The number of ketones is 1. The van der Waals surface area contributed by atoms with Crippen molar-refractivity contribution in [2.45, 2.75) is 19.3 Å². The molecule has 116 valence electrons. The number of halogens is 1. The van der Waals surface area contributed by atoms with Gasteiger partial charge in [-0.15, -0.1) is 0 Å². The quantitative estimate of drug-likeness (QED) is 0.752. The van der Waals surface area contributed by atoms with E-state index in [9.17, 15) is 9.18 Å². The highest BCUT2D eigenvalue weighted by Gasteiger charge is 2.20. The number of rotatable bonds is 6. The minimum atomic E-state index is -0.408. The fourth-order valence-corrected chi connectivity index (χ4v) is 2.84. The van der Waals surface area contributed by atoms with Crippen LogP contribution in [-0.4, -0.2) is 60.8 Å². The summed E-state index contributed by atoms with van der Waals surface area (Å²) in [6, 6.07) is 2.74. The van der Waals surface area contributed by atoms with Gasteiger partial charge in [0.1, 0.15) is 11.5 Å². The second-order valence-electron chi connectivity index (χ2n) is 6.08. The molecule has 0 spiro atoms. The van der Waals surface area contributed by atoms with Crippen LogP contribution in [0.3, 0.4) is 0 Å². The summed E-state index contributed by atoms with van der Waals surface area (Å²) in [5.41, 5.74) is 0.360. The van der Waals surface area contributed by atoms with E-state index in [2.05, 4.69) is 28.9 Å². The van der Waals surface area contributed by atoms with Crippen LogP contribution in [0.25, 0.3) is 0 Å². The molecule has 0 saturated carbocycles. The maximum absolute atomic E-state index is 12.8. The lowest BCUT2D eigenvalue weighted by atomic mass is 9.96. The van der Waals surface area contributed by atoms with Crippen molar-refractivity contribution in [1.29, 1.82) is 0 Å². The van der Waals surface area contributed by atoms with Gasteiger partial charge in [-0.25, -0.2) is 4.39 Å². The minimum Gasteiger partial charge on any atom is -0.309 e. The van der Waals surface area contributed by atoms with E-state index >= 15 is 0 Å². The normalized spacial score (nSPS) is 17.3. The second-order valence-corrected chi connectivity index (χ2v) is 6.08. The Labute approximate surface area is 126 Å². The maximum Gasteiger partial charge on any atom is 0.182 e. The first-order valence-corrected chi connectivity index (χ1v) is 7.56. The highest BCUT2D eigenvalue weighted by atomic mass is 19.1. The lowest BCUT2D eigenvalue weighted by Crippen LogP contribution is -2.38. The molecule has 2 heterocycles. The Bertz CT molecular complexity index is 453. The Balaban J connectivity index is 1.72. The molecule has 4 nitrogen and oxygen atoms in total. The van der Waals surface area contributed by atoms with Crippen LogP contribution in [0.4, 0.5) is 4.39 Å². The zero-order valence-electron chi connectivity index (χ0n) is 12.9. The lowest BCUT2D eigenvalue weighted by molar-refractivity contribution is 0.0942. The second kappa shape index (κ2) is 7.61. The van der Waals surface area contributed by atoms with Crippen molar-refractivity contribution in [1.82, 2.24) is 14.8 Å². The van der Waals surface area contributed by atoms with Crippen molar-refractivity contribution in [2.24, 2.45) is 5.92 Å². The molecule has 1 aliphatic rings. The van der Waals surface area contributed by atoms with Crippen molar-refractivity contribution in [3.8, 4) is 0 Å². The molecule has 1 saturated heterocycles. The molecule has 0 amide bonds. The van der Waals surface area contributed by atoms with Crippen LogP contribution in [-0.2, 0) is 0 Å². The fourth-order valence-electron chi connectivity index (χ4n) is 2.84. The van der Waals surface area contributed by atoms with E-state index in [0.29, 0.717) is 12.1 Å². The van der Waals surface area contributed by atoms with Crippen molar-refractivity contribution >= 4 is 5.78 Å². The van der Waals surface area contributed by atoms with Crippen LogP contribution in [0, 0.1) is 11.7 Å². The van der Waals surface area contributed by atoms with Gasteiger partial charge >= 0.3 is 0 Å². The summed E-state index contributed by atoms with van der Waals surface area (Å²) < 4.78 is 12.8. The minimum absolute atomic E-state index is 0.00888. The van der Waals surface area contributed by atoms with Gasteiger partial charge in [0.05, 0.1) is 6.20 Å². The number of hydrogen-bond donors (Lipinski definition) is 0. The predicted molar refractivity (Wildman–Crippen MR) is 80.9 cm³/mol. The SMILES string of the molecule is CN(C)CC1CCN(CCC(=O)c2ccc(F)cn2)CC1. The van der Waals surface area contributed by atoms with Gasteiger partial charge < -0.3 is 9.80 Å². The highest BCUT2D eigenvalue weighted by molar-refractivity contribution is 5.94. The molecule has 0 aromatic carbocycles. The number of nitrogens with zero attached hydrogens (tertiary/aromatic N) is 3. The standard InChI is InChI=1S/C16H24FN3O/c1-19(2)12-13-5-8-20(9-6-13)10-7-16(21)15-4-3-14(17)11-18-15/h3-4,11,13H,5-10,12H2,1-2H3. The molecule has 0 aliphatic carbocycles. The average Bonchev–Trinajstić information content (AvgIpc) is 2.46. The Kier molecular flexibility index (Phi) is 5.82. The van der Waals surface area contributed by atoms with E-state index in [1.165, 1.54) is 25.0 Å². The fraction of sp³-hybridized carbons (Fsp3) is 0.625. The Morgan fingerprint density at radius 2 is 2.10 bits per heavy atom. The Morgan fingerprint density at radius 3 is 2.67 bits per heavy atom. The van der Waals surface area contributed by atoms with E-state index in [-0.39, 0.29) is 5.78 Å². The van der Waals surface area contributed by atoms with Gasteiger partial charge in [0.15, 0.2) is 5.78 Å². The number of Topliss-reactive ketones (excluding diaryl/α,β-unsaturated/α-hetero) is 1. The summed E-state index contributed by atoms with van der Waals surface area (Å²) in [6.07, 6.45) is 3.94. The zero-order chi connectivity index (χ0) is 15.2. The van der Waals surface area contributed by atoms with Crippen molar-refractivity contribution in [2.75, 3.05) is 40.3 Å². The van der Waals surface area contributed by atoms with Crippen LogP contribution in [0.5, 0.6) is 0 Å². The van der Waals surface area contributed by atoms with E-state index in [0.717, 1.165) is 38.3 Å². The van der Waals surface area contributed by atoms with Crippen molar-refractivity contribution in [3.63, 3.8) is 0 Å². The van der Waals surface area contributed by atoms with E-state index in [4.69, 9.17) is 0 Å². The molecule has 0 bridgehead atoms. The number of aromatic nitrogens is 1. The van der Waals surface area contributed by atoms with Crippen LogP contribution >= 0.6 is 0 Å². The molecular weight excluding hydrogens is 269 g/mol. The summed E-state index contributed by atoms with van der Waals surface area (Å²) in [7, 11) is 4.22. The van der Waals surface area contributed by atoms with Crippen molar-refractivity contribution < 1.29 is 9.18 Å². The Hall–Kier alpha value is -1.33. The Morgan fingerprint density at radius 1 is 1.38 bits per heavy atom. The number of hydrogen-bond acceptors (Lipinski definition) is 4. The molecule has 1 aliphatic heterocycles. The van der Waals surface area contributed by atoms with Gasteiger partial charge in [0, 0.05) is 19.5 Å². The zero-order valence-corrected chi connectivity index (χ0v) is 12.9. The third-order valence-electron chi connectivity index (χ3n) is 4.00. The van der Waals surface area contributed by atoms with E-state index in [1.54, 1.807) is 0 Å². The number of piperidine rings is 1. The number of likely N-dealkylation sites (tertiary alicyclic amines) is 1. The first kappa shape index (κ1) is 16.0. The maximum atomic E-state index is 12.8. The average molecular weight is 293 g/mol. The topological polar surface area (TPSA) is 36.4 Å². The van der Waals surface area contributed by atoms with Gasteiger partial charge in [0.25, 0.3) is 0 Å². The van der Waals surface area contributed by atoms with Crippen LogP contribution in [0.2, 0.25) is 0 Å². The molecule has 2 rings (SSSR count). The summed E-state index contributed by atoms with van der Waals surface area (Å²) in [6.45, 7) is 4.03. The summed E-state index contributed by atoms with van der Waals surface area (Å²) >= 11 is 0. The molecule has 0 atom stereocenters. The summed E-state index contributed by atoms with van der Waals surface area (Å²) in [5, 5.41) is 0. The molecule has 0 radical (unpaired) electrons. The number of pyridine rings is 1. The molecule has 1 aromatic rings. The largest absolute Gasteiger partial charge is 0.309 e. The molecule has 1 fully saturated rings. The van der Waals surface area contributed by atoms with Gasteiger partial charge in [-0.05, 0) is 58.1 Å². The van der Waals surface area contributed by atoms with E-state index < -0.39 is 5.82 Å². The van der Waals surface area contributed by atoms with E-state index in [1.807, 2.05) is 0 Å². The molecular formula is C16H24FN3O. The molecule has 0 unspecified atom stereocenters.